The van der Waals surface area contributed by atoms with Gasteiger partial charge in [0, 0.05) is 24.4 Å². The predicted octanol–water partition coefficient (Wildman–Crippen LogP) is 1.25. The molecule has 82 valence electrons. The summed E-state index contributed by atoms with van der Waals surface area (Å²) < 4.78 is 0. The van der Waals surface area contributed by atoms with Gasteiger partial charge in [-0.2, -0.15) is 0 Å². The molecule has 1 aliphatic heterocycles. The van der Waals surface area contributed by atoms with Crippen LogP contribution in [-0.2, 0) is 6.42 Å². The fourth-order valence-electron chi connectivity index (χ4n) is 2.09. The number of pyridine rings is 1. The van der Waals surface area contributed by atoms with E-state index in [4.69, 9.17) is 11.6 Å². The van der Waals surface area contributed by atoms with Crippen molar-refractivity contribution in [3.8, 4) is 0 Å². The molecule has 0 amide bonds. The van der Waals surface area contributed by atoms with Crippen LogP contribution in [0, 0.1) is 5.41 Å². The third kappa shape index (κ3) is 2.30. The molecular formula is C11H15ClN2O. The number of hydrogen-bond acceptors (Lipinski definition) is 3. The maximum absolute atomic E-state index is 9.47. The summed E-state index contributed by atoms with van der Waals surface area (Å²) in [7, 11) is 0. The quantitative estimate of drug-likeness (QED) is 0.816. The highest BCUT2D eigenvalue weighted by molar-refractivity contribution is 6.31. The smallest absolute Gasteiger partial charge is 0.0621 e. The van der Waals surface area contributed by atoms with E-state index < -0.39 is 0 Å². The molecule has 1 aromatic rings. The Balaban J connectivity index is 2.16. The van der Waals surface area contributed by atoms with Crippen molar-refractivity contribution in [1.82, 2.24) is 10.3 Å². The highest BCUT2D eigenvalue weighted by Crippen LogP contribution is 2.31. The van der Waals surface area contributed by atoms with E-state index in [0.717, 1.165) is 31.5 Å². The van der Waals surface area contributed by atoms with Crippen LogP contribution in [-0.4, -0.2) is 29.8 Å². The van der Waals surface area contributed by atoms with E-state index in [2.05, 4.69) is 10.3 Å². The van der Waals surface area contributed by atoms with Gasteiger partial charge in [-0.15, -0.1) is 0 Å². The monoisotopic (exact) mass is 226 g/mol. The highest BCUT2D eigenvalue weighted by Gasteiger charge is 2.33. The van der Waals surface area contributed by atoms with Crippen LogP contribution in [0.1, 0.15) is 12.0 Å². The zero-order valence-electron chi connectivity index (χ0n) is 8.54. The largest absolute Gasteiger partial charge is 0.396 e. The van der Waals surface area contributed by atoms with Crippen molar-refractivity contribution in [2.24, 2.45) is 5.41 Å². The van der Waals surface area contributed by atoms with Crippen LogP contribution in [0.25, 0.3) is 0 Å². The second kappa shape index (κ2) is 4.47. The van der Waals surface area contributed by atoms with Gasteiger partial charge in [-0.1, -0.05) is 11.6 Å². The molecule has 2 heterocycles. The van der Waals surface area contributed by atoms with Gasteiger partial charge in [0.25, 0.3) is 0 Å². The van der Waals surface area contributed by atoms with Gasteiger partial charge in [0.2, 0.25) is 0 Å². The van der Waals surface area contributed by atoms with Gasteiger partial charge in [0.05, 0.1) is 11.6 Å². The molecule has 0 aliphatic carbocycles. The molecule has 1 atom stereocenters. The molecule has 0 spiro atoms. The van der Waals surface area contributed by atoms with Crippen LogP contribution < -0.4 is 5.32 Å². The van der Waals surface area contributed by atoms with E-state index >= 15 is 0 Å². The van der Waals surface area contributed by atoms with E-state index in [9.17, 15) is 5.11 Å². The van der Waals surface area contributed by atoms with E-state index in [1.54, 1.807) is 12.4 Å². The first-order valence-electron chi connectivity index (χ1n) is 5.16. The average molecular weight is 227 g/mol. The number of hydrogen-bond donors (Lipinski definition) is 2. The Morgan fingerprint density at radius 2 is 2.47 bits per heavy atom. The first kappa shape index (κ1) is 10.9. The topological polar surface area (TPSA) is 45.2 Å². The van der Waals surface area contributed by atoms with Gasteiger partial charge in [-0.05, 0) is 31.0 Å². The minimum atomic E-state index is -0.0367. The van der Waals surface area contributed by atoms with Crippen molar-refractivity contribution >= 4 is 11.6 Å². The number of aliphatic hydroxyl groups excluding tert-OH is 1. The predicted molar refractivity (Wildman–Crippen MR) is 60.0 cm³/mol. The highest BCUT2D eigenvalue weighted by atomic mass is 35.5. The van der Waals surface area contributed by atoms with Crippen LogP contribution in [0.5, 0.6) is 0 Å². The number of rotatable bonds is 3. The molecule has 1 aliphatic rings. The molecule has 1 fully saturated rings. The van der Waals surface area contributed by atoms with Crippen molar-refractivity contribution in [3.63, 3.8) is 0 Å². The molecule has 3 nitrogen and oxygen atoms in total. The Labute approximate surface area is 94.5 Å². The third-order valence-electron chi connectivity index (χ3n) is 3.09. The lowest BCUT2D eigenvalue weighted by molar-refractivity contribution is 0.143. The maximum atomic E-state index is 9.47. The van der Waals surface area contributed by atoms with Gasteiger partial charge in [0.15, 0.2) is 0 Å². The molecular weight excluding hydrogens is 212 g/mol. The van der Waals surface area contributed by atoms with Crippen LogP contribution in [0.15, 0.2) is 18.5 Å². The fourth-order valence-corrected chi connectivity index (χ4v) is 2.27. The van der Waals surface area contributed by atoms with E-state index in [-0.39, 0.29) is 12.0 Å². The molecule has 2 N–H and O–H groups in total. The van der Waals surface area contributed by atoms with Crippen LogP contribution in [0.3, 0.4) is 0 Å². The Kier molecular flexibility index (Phi) is 3.24. The summed E-state index contributed by atoms with van der Waals surface area (Å²) in [4.78, 5) is 3.96. The van der Waals surface area contributed by atoms with Crippen LogP contribution in [0.4, 0.5) is 0 Å². The molecule has 1 unspecified atom stereocenters. The molecule has 1 aromatic heterocycles. The van der Waals surface area contributed by atoms with Crippen molar-refractivity contribution in [1.29, 1.82) is 0 Å². The molecule has 1 saturated heterocycles. The van der Waals surface area contributed by atoms with E-state index in [1.165, 1.54) is 0 Å². The zero-order chi connectivity index (χ0) is 10.7. The van der Waals surface area contributed by atoms with Crippen molar-refractivity contribution in [3.05, 3.63) is 29.0 Å². The summed E-state index contributed by atoms with van der Waals surface area (Å²) in [6.07, 6.45) is 5.22. The second-order valence-corrected chi connectivity index (χ2v) is 4.64. The number of aliphatic hydroxyl groups is 1. The molecule has 4 heteroatoms. The third-order valence-corrected chi connectivity index (χ3v) is 3.43. The molecule has 0 saturated carbocycles. The summed E-state index contributed by atoms with van der Waals surface area (Å²) in [6, 6.07) is 1.93. The fraction of sp³-hybridized carbons (Fsp3) is 0.545. The zero-order valence-corrected chi connectivity index (χ0v) is 9.30. The Bertz CT molecular complexity index is 337. The van der Waals surface area contributed by atoms with Gasteiger partial charge in [-0.3, -0.25) is 4.98 Å². The first-order valence-corrected chi connectivity index (χ1v) is 5.54. The second-order valence-electron chi connectivity index (χ2n) is 4.23. The van der Waals surface area contributed by atoms with Gasteiger partial charge < -0.3 is 10.4 Å². The van der Waals surface area contributed by atoms with E-state index in [0.29, 0.717) is 5.02 Å². The normalized spacial score (nSPS) is 25.7. The Morgan fingerprint density at radius 1 is 1.60 bits per heavy atom. The minimum Gasteiger partial charge on any atom is -0.396 e. The summed E-state index contributed by atoms with van der Waals surface area (Å²) in [5.74, 6) is 0. The molecule has 0 radical (unpaired) electrons. The van der Waals surface area contributed by atoms with Gasteiger partial charge >= 0.3 is 0 Å². The average Bonchev–Trinajstić information content (AvgIpc) is 2.71. The molecule has 0 bridgehead atoms. The molecule has 0 aromatic carbocycles. The summed E-state index contributed by atoms with van der Waals surface area (Å²) in [5.41, 5.74) is 1.04. The molecule has 15 heavy (non-hydrogen) atoms. The lowest BCUT2D eigenvalue weighted by Gasteiger charge is -2.25. The van der Waals surface area contributed by atoms with Gasteiger partial charge in [0.1, 0.15) is 0 Å². The van der Waals surface area contributed by atoms with Crippen molar-refractivity contribution < 1.29 is 5.11 Å². The number of nitrogens with one attached hydrogen (secondary N) is 1. The Morgan fingerprint density at radius 3 is 3.07 bits per heavy atom. The number of nitrogens with zero attached hydrogens (tertiary/aromatic N) is 1. The van der Waals surface area contributed by atoms with Crippen LogP contribution in [0.2, 0.25) is 5.02 Å². The maximum Gasteiger partial charge on any atom is 0.0621 e. The summed E-state index contributed by atoms with van der Waals surface area (Å²) in [6.45, 7) is 2.05. The standard InChI is InChI=1S/C11H15ClN2O/c12-10-6-13-3-1-9(10)5-11(8-15)2-4-14-7-11/h1,3,6,14-15H,2,4-5,7-8H2. The van der Waals surface area contributed by atoms with Crippen molar-refractivity contribution in [2.75, 3.05) is 19.7 Å². The minimum absolute atomic E-state index is 0.0367. The molecule has 2 rings (SSSR count). The van der Waals surface area contributed by atoms with Crippen molar-refractivity contribution in [2.45, 2.75) is 12.8 Å². The summed E-state index contributed by atoms with van der Waals surface area (Å²) in [5, 5.41) is 13.4. The first-order chi connectivity index (χ1) is 7.26. The number of aromatic nitrogens is 1. The summed E-state index contributed by atoms with van der Waals surface area (Å²) >= 11 is 6.06. The van der Waals surface area contributed by atoms with Crippen LogP contribution >= 0.6 is 11.6 Å². The Hall–Kier alpha value is -0.640. The van der Waals surface area contributed by atoms with Gasteiger partial charge in [-0.25, -0.2) is 0 Å². The SMILES string of the molecule is OCC1(Cc2ccncc2Cl)CCNC1. The van der Waals surface area contributed by atoms with E-state index in [1.807, 2.05) is 6.07 Å². The lowest BCUT2D eigenvalue weighted by atomic mass is 9.82. The number of halogens is 1. The lowest BCUT2D eigenvalue weighted by Crippen LogP contribution is -2.30.